The molecule has 0 saturated carbocycles. The van der Waals surface area contributed by atoms with Crippen molar-refractivity contribution in [3.05, 3.63) is 30.0 Å². The van der Waals surface area contributed by atoms with Gasteiger partial charge < -0.3 is 10.6 Å². The Kier molecular flexibility index (Phi) is 2.10. The molecule has 0 unspecified atom stereocenters. The van der Waals surface area contributed by atoms with Gasteiger partial charge in [0.2, 0.25) is 0 Å². The zero-order valence-corrected chi connectivity index (χ0v) is 10.1. The van der Waals surface area contributed by atoms with Gasteiger partial charge in [-0.2, -0.15) is 5.10 Å². The molecule has 0 amide bonds. The first-order valence-electron chi connectivity index (χ1n) is 5.83. The Morgan fingerprint density at radius 3 is 2.47 bits per heavy atom. The number of fused-ring (bicyclic) bond motifs is 1. The fourth-order valence-electron chi connectivity index (χ4n) is 2.43. The average molecular weight is 228 g/mol. The Labute approximate surface area is 100 Å². The summed E-state index contributed by atoms with van der Waals surface area (Å²) in [7, 11) is 0. The SMILES string of the molecule is Cc1nnc(N2CC(C)(N)C2)c2ccccc12. The summed E-state index contributed by atoms with van der Waals surface area (Å²) in [6, 6.07) is 8.25. The topological polar surface area (TPSA) is 55.0 Å². The summed E-state index contributed by atoms with van der Waals surface area (Å²) in [5.74, 6) is 0.953. The molecule has 0 bridgehead atoms. The Balaban J connectivity index is 2.09. The smallest absolute Gasteiger partial charge is 0.159 e. The molecule has 1 aromatic heterocycles. The van der Waals surface area contributed by atoms with Gasteiger partial charge in [0.15, 0.2) is 5.82 Å². The molecule has 0 aliphatic carbocycles. The van der Waals surface area contributed by atoms with E-state index in [-0.39, 0.29) is 5.54 Å². The quantitative estimate of drug-likeness (QED) is 0.803. The fourth-order valence-corrected chi connectivity index (χ4v) is 2.43. The number of benzene rings is 1. The Hall–Kier alpha value is -1.68. The highest BCUT2D eigenvalue weighted by Crippen LogP contribution is 2.30. The summed E-state index contributed by atoms with van der Waals surface area (Å²) in [5.41, 5.74) is 6.92. The lowest BCUT2D eigenvalue weighted by molar-refractivity contribution is 0.363. The van der Waals surface area contributed by atoms with Crippen molar-refractivity contribution >= 4 is 16.6 Å². The molecule has 2 heterocycles. The second-order valence-electron chi connectivity index (χ2n) is 5.16. The van der Waals surface area contributed by atoms with Gasteiger partial charge in [-0.15, -0.1) is 5.10 Å². The number of rotatable bonds is 1. The maximum absolute atomic E-state index is 6.03. The van der Waals surface area contributed by atoms with Crippen LogP contribution in [0, 0.1) is 6.92 Å². The molecule has 4 heteroatoms. The van der Waals surface area contributed by atoms with Crippen molar-refractivity contribution in [3.8, 4) is 0 Å². The molecule has 4 nitrogen and oxygen atoms in total. The van der Waals surface area contributed by atoms with Crippen LogP contribution in [0.3, 0.4) is 0 Å². The Bertz CT molecular complexity index is 569. The number of aryl methyl sites for hydroxylation is 1. The summed E-state index contributed by atoms with van der Waals surface area (Å²) < 4.78 is 0. The summed E-state index contributed by atoms with van der Waals surface area (Å²) in [5, 5.41) is 10.9. The molecule has 2 N–H and O–H groups in total. The lowest BCUT2D eigenvalue weighted by atomic mass is 9.93. The van der Waals surface area contributed by atoms with Gasteiger partial charge >= 0.3 is 0 Å². The van der Waals surface area contributed by atoms with E-state index in [1.54, 1.807) is 0 Å². The van der Waals surface area contributed by atoms with Gasteiger partial charge in [-0.3, -0.25) is 0 Å². The first-order chi connectivity index (χ1) is 8.07. The van der Waals surface area contributed by atoms with Gasteiger partial charge in [-0.1, -0.05) is 24.3 Å². The molecule has 1 saturated heterocycles. The molecule has 88 valence electrons. The summed E-state index contributed by atoms with van der Waals surface area (Å²) in [6.45, 7) is 5.74. The van der Waals surface area contributed by atoms with E-state index in [0.717, 1.165) is 30.0 Å². The minimum Gasteiger partial charge on any atom is -0.351 e. The molecule has 1 aliphatic rings. The fraction of sp³-hybridized carbons (Fsp3) is 0.385. The number of nitrogens with two attached hydrogens (primary N) is 1. The molecule has 17 heavy (non-hydrogen) atoms. The molecule has 0 atom stereocenters. The number of anilines is 1. The normalized spacial score (nSPS) is 18.2. The average Bonchev–Trinajstić information content (AvgIpc) is 2.27. The van der Waals surface area contributed by atoms with Crippen LogP contribution in [-0.4, -0.2) is 28.8 Å². The van der Waals surface area contributed by atoms with Crippen molar-refractivity contribution in [1.82, 2.24) is 10.2 Å². The highest BCUT2D eigenvalue weighted by Gasteiger charge is 2.36. The monoisotopic (exact) mass is 228 g/mol. The van der Waals surface area contributed by atoms with Crippen LogP contribution in [0.15, 0.2) is 24.3 Å². The second kappa shape index (κ2) is 3.40. The molecule has 1 aliphatic heterocycles. The van der Waals surface area contributed by atoms with E-state index < -0.39 is 0 Å². The first-order valence-corrected chi connectivity index (χ1v) is 5.83. The van der Waals surface area contributed by atoms with Crippen LogP contribution in [0.2, 0.25) is 0 Å². The van der Waals surface area contributed by atoms with Gasteiger partial charge in [0, 0.05) is 29.4 Å². The van der Waals surface area contributed by atoms with Crippen LogP contribution in [0.25, 0.3) is 10.8 Å². The first kappa shape index (κ1) is 10.5. The van der Waals surface area contributed by atoms with E-state index in [2.05, 4.69) is 34.2 Å². The van der Waals surface area contributed by atoms with E-state index in [9.17, 15) is 0 Å². The van der Waals surface area contributed by atoms with Gasteiger partial charge in [0.1, 0.15) is 0 Å². The standard InChI is InChI=1S/C13H16N4/c1-9-10-5-3-4-6-11(10)12(16-15-9)17-7-13(2,14)8-17/h3-6H,7-8,14H2,1-2H3. The number of nitrogens with zero attached hydrogens (tertiary/aromatic N) is 3. The maximum Gasteiger partial charge on any atom is 0.159 e. The third-order valence-corrected chi connectivity index (χ3v) is 3.26. The zero-order valence-electron chi connectivity index (χ0n) is 10.1. The summed E-state index contributed by atoms with van der Waals surface area (Å²) in [6.07, 6.45) is 0. The van der Waals surface area contributed by atoms with Crippen LogP contribution in [0.5, 0.6) is 0 Å². The van der Waals surface area contributed by atoms with Gasteiger partial charge in [-0.05, 0) is 13.8 Å². The van der Waals surface area contributed by atoms with Crippen LogP contribution >= 0.6 is 0 Å². The summed E-state index contributed by atoms with van der Waals surface area (Å²) >= 11 is 0. The Morgan fingerprint density at radius 1 is 1.18 bits per heavy atom. The van der Waals surface area contributed by atoms with Crippen molar-refractivity contribution in [1.29, 1.82) is 0 Å². The minimum atomic E-state index is -0.0896. The molecule has 0 radical (unpaired) electrons. The van der Waals surface area contributed by atoms with E-state index in [1.165, 1.54) is 5.39 Å². The highest BCUT2D eigenvalue weighted by atomic mass is 15.3. The van der Waals surface area contributed by atoms with Crippen molar-refractivity contribution in [3.63, 3.8) is 0 Å². The zero-order chi connectivity index (χ0) is 12.0. The molecular formula is C13H16N4. The van der Waals surface area contributed by atoms with Crippen molar-refractivity contribution < 1.29 is 0 Å². The Morgan fingerprint density at radius 2 is 1.82 bits per heavy atom. The van der Waals surface area contributed by atoms with E-state index in [4.69, 9.17) is 5.73 Å². The van der Waals surface area contributed by atoms with Crippen LogP contribution in [-0.2, 0) is 0 Å². The van der Waals surface area contributed by atoms with Gasteiger partial charge in [0.05, 0.1) is 5.69 Å². The number of aromatic nitrogens is 2. The highest BCUT2D eigenvalue weighted by molar-refractivity contribution is 5.93. The number of hydrogen-bond donors (Lipinski definition) is 1. The largest absolute Gasteiger partial charge is 0.351 e. The van der Waals surface area contributed by atoms with Crippen molar-refractivity contribution in [2.75, 3.05) is 18.0 Å². The lowest BCUT2D eigenvalue weighted by Gasteiger charge is -2.46. The summed E-state index contributed by atoms with van der Waals surface area (Å²) in [4.78, 5) is 2.19. The van der Waals surface area contributed by atoms with E-state index >= 15 is 0 Å². The number of hydrogen-bond acceptors (Lipinski definition) is 4. The third kappa shape index (κ3) is 1.65. The molecule has 0 spiro atoms. The predicted octanol–water partition coefficient (Wildman–Crippen LogP) is 1.48. The second-order valence-corrected chi connectivity index (χ2v) is 5.16. The van der Waals surface area contributed by atoms with Crippen molar-refractivity contribution in [2.45, 2.75) is 19.4 Å². The van der Waals surface area contributed by atoms with E-state index in [1.807, 2.05) is 19.1 Å². The van der Waals surface area contributed by atoms with Crippen molar-refractivity contribution in [2.24, 2.45) is 5.73 Å². The van der Waals surface area contributed by atoms with Crippen LogP contribution in [0.1, 0.15) is 12.6 Å². The molecule has 2 aromatic rings. The predicted molar refractivity (Wildman–Crippen MR) is 69.1 cm³/mol. The van der Waals surface area contributed by atoms with E-state index in [0.29, 0.717) is 0 Å². The molecule has 1 fully saturated rings. The van der Waals surface area contributed by atoms with Crippen LogP contribution < -0.4 is 10.6 Å². The molecule has 3 rings (SSSR count). The lowest BCUT2D eigenvalue weighted by Crippen LogP contribution is -2.65. The van der Waals surface area contributed by atoms with Gasteiger partial charge in [0.25, 0.3) is 0 Å². The maximum atomic E-state index is 6.03. The molecule has 1 aromatic carbocycles. The minimum absolute atomic E-state index is 0.0896. The van der Waals surface area contributed by atoms with Gasteiger partial charge in [-0.25, -0.2) is 0 Å². The molecular weight excluding hydrogens is 212 g/mol. The third-order valence-electron chi connectivity index (χ3n) is 3.26. The van der Waals surface area contributed by atoms with Crippen LogP contribution in [0.4, 0.5) is 5.82 Å².